The largest absolute Gasteiger partial charge is 0.328 e. The van der Waals surface area contributed by atoms with Gasteiger partial charge in [-0.2, -0.15) is 0 Å². The van der Waals surface area contributed by atoms with Gasteiger partial charge in [-0.05, 0) is 0 Å². The number of rotatable bonds is 0. The molecule has 0 saturated heterocycles. The summed E-state index contributed by atoms with van der Waals surface area (Å²) < 4.78 is 0. The summed E-state index contributed by atoms with van der Waals surface area (Å²) >= 11 is 0. The monoisotopic (exact) mass is 135 g/mol. The van der Waals surface area contributed by atoms with Crippen LogP contribution in [0.2, 0.25) is 0 Å². The van der Waals surface area contributed by atoms with Crippen LogP contribution in [0.1, 0.15) is 0 Å². The van der Waals surface area contributed by atoms with Crippen molar-refractivity contribution in [1.82, 2.24) is 0 Å². The Morgan fingerprint density at radius 1 is 1.00 bits per heavy atom. The third-order valence-corrected chi connectivity index (χ3v) is 0. The molecule has 8 nitrogen and oxygen atoms in total. The fourth-order valence-electron chi connectivity index (χ4n) is 0. The Kier molecular flexibility index (Phi) is 17.0. The van der Waals surface area contributed by atoms with Gasteiger partial charge in [-0.3, -0.25) is 0 Å². The van der Waals surface area contributed by atoms with Crippen molar-refractivity contribution >= 4 is 10.1 Å². The maximum Gasteiger partial charge on any atom is 0.291 e. The molecule has 0 aromatic rings. The van der Waals surface area contributed by atoms with Gasteiger partial charge >= 0.3 is 0 Å². The summed E-state index contributed by atoms with van der Waals surface area (Å²) in [5.74, 6) is 0. The van der Waals surface area contributed by atoms with Gasteiger partial charge in [0.05, 0.1) is 0 Å². The van der Waals surface area contributed by atoms with E-state index in [-0.39, 0.29) is 10.1 Å². The van der Waals surface area contributed by atoms with Crippen molar-refractivity contribution in [2.75, 3.05) is 0 Å². The number of nitrogens with zero attached hydrogens (tertiary/aromatic N) is 2. The molecule has 0 rings (SSSR count). The predicted molar refractivity (Wildman–Crippen MR) is 23.3 cm³/mol. The fraction of sp³-hybridized carbons (Fsp3) is 0. The zero-order valence-corrected chi connectivity index (χ0v) is 4.13. The molecule has 0 atom stereocenters. The minimum atomic E-state index is -1.50. The Hall–Kier alpha value is -1.43. The summed E-state index contributed by atoms with van der Waals surface area (Å²) in [6.45, 7) is 0. The smallest absolute Gasteiger partial charge is 0.291 e. The van der Waals surface area contributed by atoms with Crippen molar-refractivity contribution in [1.29, 1.82) is 0 Å². The average Bonchev–Trinajstić information content (AvgIpc) is 1.25. The predicted octanol–water partition coefficient (Wildman–Crippen LogP) is -1.08. The SMILES string of the molecule is O=[N+]([O-])O.O=[N+]([O-])O.[Be]. The van der Waals surface area contributed by atoms with Crippen LogP contribution in [-0.4, -0.2) is 30.7 Å². The Morgan fingerprint density at radius 3 is 1.00 bits per heavy atom. The second-order valence-electron chi connectivity index (χ2n) is 0.476. The standard InChI is InChI=1S/Be.2HNO3/c;2*2-1(3)4/h;2*(H,2,3,4). The Morgan fingerprint density at radius 2 is 1.00 bits per heavy atom. The normalized spacial score (nSPS) is 5.33. The molecule has 0 aliphatic rings. The summed E-state index contributed by atoms with van der Waals surface area (Å²) in [5.41, 5.74) is 0. The van der Waals surface area contributed by atoms with Crippen LogP contribution in [-0.2, 0) is 0 Å². The molecule has 0 aliphatic carbocycles. The summed E-state index contributed by atoms with van der Waals surface area (Å²) in [7, 11) is 0. The summed E-state index contributed by atoms with van der Waals surface area (Å²) in [6, 6.07) is 0. The molecular weight excluding hydrogens is 133 g/mol. The van der Waals surface area contributed by atoms with E-state index in [1.165, 1.54) is 0 Å². The fourth-order valence-corrected chi connectivity index (χ4v) is 0. The van der Waals surface area contributed by atoms with E-state index in [1.54, 1.807) is 0 Å². The molecule has 2 radical (unpaired) electrons. The van der Waals surface area contributed by atoms with Crippen molar-refractivity contribution in [3.63, 3.8) is 0 Å². The Labute approximate surface area is 52.1 Å². The zero-order chi connectivity index (χ0) is 7.15. The molecule has 50 valence electrons. The van der Waals surface area contributed by atoms with Gasteiger partial charge in [0.15, 0.2) is 0 Å². The van der Waals surface area contributed by atoms with Crippen molar-refractivity contribution in [3.8, 4) is 0 Å². The van der Waals surface area contributed by atoms with Crippen LogP contribution in [0.4, 0.5) is 0 Å². The Bertz CT molecular complexity index is 69.1. The second-order valence-corrected chi connectivity index (χ2v) is 0.476. The first-order valence-electron chi connectivity index (χ1n) is 1.13. The average molecular weight is 135 g/mol. The third kappa shape index (κ3) is 66.9. The number of hydrogen-bond donors (Lipinski definition) is 2. The molecule has 0 aliphatic heterocycles. The van der Waals surface area contributed by atoms with Crippen molar-refractivity contribution in [2.24, 2.45) is 0 Å². The van der Waals surface area contributed by atoms with Crippen LogP contribution in [0.3, 0.4) is 0 Å². The second kappa shape index (κ2) is 9.76. The molecule has 0 fully saturated rings. The van der Waals surface area contributed by atoms with Crippen LogP contribution in [0.5, 0.6) is 0 Å². The maximum absolute atomic E-state index is 8.36. The molecule has 0 amide bonds. The van der Waals surface area contributed by atoms with Gasteiger partial charge in [-0.15, -0.1) is 20.2 Å². The van der Waals surface area contributed by atoms with E-state index in [2.05, 4.69) is 0 Å². The summed E-state index contributed by atoms with van der Waals surface area (Å²) in [5, 5.41) is 27.3. The number of hydrogen-bond acceptors (Lipinski definition) is 4. The molecule has 9 heteroatoms. The van der Waals surface area contributed by atoms with Crippen LogP contribution in [0.25, 0.3) is 0 Å². The van der Waals surface area contributed by atoms with Crippen molar-refractivity contribution < 1.29 is 20.6 Å². The van der Waals surface area contributed by atoms with Gasteiger partial charge in [0, 0.05) is 10.1 Å². The van der Waals surface area contributed by atoms with E-state index >= 15 is 0 Å². The van der Waals surface area contributed by atoms with Gasteiger partial charge in [-0.1, -0.05) is 0 Å². The molecule has 0 saturated carbocycles. The van der Waals surface area contributed by atoms with Crippen molar-refractivity contribution in [2.45, 2.75) is 0 Å². The molecule has 2 N–H and O–H groups in total. The van der Waals surface area contributed by atoms with E-state index in [0.717, 1.165) is 0 Å². The van der Waals surface area contributed by atoms with E-state index in [4.69, 9.17) is 30.6 Å². The van der Waals surface area contributed by atoms with E-state index in [1.807, 2.05) is 0 Å². The van der Waals surface area contributed by atoms with Gasteiger partial charge < -0.3 is 10.4 Å². The molecule has 0 unspecified atom stereocenters. The van der Waals surface area contributed by atoms with E-state index in [0.29, 0.717) is 0 Å². The Balaban J connectivity index is -0.0000000720. The van der Waals surface area contributed by atoms with Crippen LogP contribution >= 0.6 is 0 Å². The van der Waals surface area contributed by atoms with E-state index < -0.39 is 10.2 Å². The minimum Gasteiger partial charge on any atom is -0.328 e. The zero-order valence-electron chi connectivity index (χ0n) is 4.13. The molecule has 0 aromatic heterocycles. The van der Waals surface area contributed by atoms with Gasteiger partial charge in [-0.25, -0.2) is 0 Å². The first kappa shape index (κ1) is 15.6. The summed E-state index contributed by atoms with van der Waals surface area (Å²) in [4.78, 5) is 16.7. The first-order chi connectivity index (χ1) is 3.46. The van der Waals surface area contributed by atoms with Gasteiger partial charge in [0.25, 0.3) is 10.2 Å². The molecule has 9 heavy (non-hydrogen) atoms. The van der Waals surface area contributed by atoms with Gasteiger partial charge in [0.1, 0.15) is 0 Å². The third-order valence-electron chi connectivity index (χ3n) is 0. The van der Waals surface area contributed by atoms with Crippen molar-refractivity contribution in [3.05, 3.63) is 20.2 Å². The molecule has 0 aromatic carbocycles. The first-order valence-corrected chi connectivity index (χ1v) is 1.13. The maximum atomic E-state index is 8.36. The summed E-state index contributed by atoms with van der Waals surface area (Å²) in [6.07, 6.45) is 0. The van der Waals surface area contributed by atoms with E-state index in [9.17, 15) is 0 Å². The minimum absolute atomic E-state index is 0. The molecule has 0 heterocycles. The molecule has 0 spiro atoms. The van der Waals surface area contributed by atoms with Crippen LogP contribution in [0.15, 0.2) is 0 Å². The topological polar surface area (TPSA) is 127 Å². The molecule has 0 bridgehead atoms. The van der Waals surface area contributed by atoms with Crippen LogP contribution in [0, 0.1) is 20.2 Å². The van der Waals surface area contributed by atoms with Crippen LogP contribution < -0.4 is 0 Å². The van der Waals surface area contributed by atoms with Gasteiger partial charge in [0.2, 0.25) is 0 Å². The quantitative estimate of drug-likeness (QED) is 0.247. The molecular formula is H2BeN2O6.